The molecule has 2 saturated heterocycles. The lowest BCUT2D eigenvalue weighted by molar-refractivity contribution is -0.274. The van der Waals surface area contributed by atoms with Gasteiger partial charge in [0.1, 0.15) is 24.6 Å². The van der Waals surface area contributed by atoms with Crippen molar-refractivity contribution in [3.63, 3.8) is 0 Å². The zero-order valence-corrected chi connectivity index (χ0v) is 13.7. The minimum absolute atomic E-state index is 0.143. The number of amides is 1. The third kappa shape index (κ3) is 4.60. The van der Waals surface area contributed by atoms with Gasteiger partial charge in [-0.05, 0) is 24.3 Å². The van der Waals surface area contributed by atoms with Crippen LogP contribution in [0.4, 0.5) is 4.79 Å². The summed E-state index contributed by atoms with van der Waals surface area (Å²) in [5.41, 5.74) is 0.554. The van der Waals surface area contributed by atoms with Crippen molar-refractivity contribution in [2.45, 2.75) is 18.3 Å². The number of ether oxygens (including phenoxy) is 2. The predicted molar refractivity (Wildman–Crippen MR) is 84.7 cm³/mol. The smallest absolute Gasteiger partial charge is 0.137 e. The van der Waals surface area contributed by atoms with Crippen LogP contribution in [0, 0.1) is 11.3 Å². The number of benzene rings is 1. The second-order valence-electron chi connectivity index (χ2n) is 6.37. The van der Waals surface area contributed by atoms with Crippen LogP contribution in [0.3, 0.4) is 0 Å². The molecule has 1 aromatic carbocycles. The topological polar surface area (TPSA) is 109 Å². The maximum atomic E-state index is 11.0. The molecule has 0 spiro atoms. The number of nitrogens with zero attached hydrogens (tertiary/aromatic N) is 3. The number of aliphatic hydroxyl groups is 1. The molecule has 0 aromatic heterocycles. The fourth-order valence-electron chi connectivity index (χ4n) is 3.24. The Bertz CT molecular complexity index is 631. The van der Waals surface area contributed by atoms with Crippen LogP contribution in [0.15, 0.2) is 24.3 Å². The number of nitriles is 1. The first kappa shape index (κ1) is 17.5. The first-order chi connectivity index (χ1) is 12.0. The summed E-state index contributed by atoms with van der Waals surface area (Å²) < 4.78 is 11.3. The predicted octanol–water partition coefficient (Wildman–Crippen LogP) is -0.974. The van der Waals surface area contributed by atoms with Gasteiger partial charge in [-0.1, -0.05) is 0 Å². The van der Waals surface area contributed by atoms with Crippen molar-refractivity contribution < 1.29 is 24.5 Å². The van der Waals surface area contributed by atoms with Crippen LogP contribution in [-0.4, -0.2) is 78.6 Å². The molecular weight excluding hydrogens is 326 g/mol. The van der Waals surface area contributed by atoms with Crippen molar-refractivity contribution in [2.24, 2.45) is 0 Å². The molecule has 2 aliphatic heterocycles. The molecule has 134 valence electrons. The summed E-state index contributed by atoms with van der Waals surface area (Å²) in [5, 5.41) is 29.9. The maximum Gasteiger partial charge on any atom is 0.137 e. The number of morpholine rings is 2. The Kier molecular flexibility index (Phi) is 5.38. The molecule has 3 atom stereocenters. The van der Waals surface area contributed by atoms with Gasteiger partial charge in [0, 0.05) is 32.7 Å². The number of rotatable bonds is 5. The van der Waals surface area contributed by atoms with E-state index in [4.69, 9.17) is 14.7 Å². The van der Waals surface area contributed by atoms with Gasteiger partial charge < -0.3 is 29.4 Å². The van der Waals surface area contributed by atoms with Crippen molar-refractivity contribution in [2.75, 3.05) is 39.3 Å². The van der Waals surface area contributed by atoms with Gasteiger partial charge in [-0.2, -0.15) is 5.26 Å². The van der Waals surface area contributed by atoms with Gasteiger partial charge in [0.2, 0.25) is 0 Å². The van der Waals surface area contributed by atoms with Crippen LogP contribution in [0.2, 0.25) is 0 Å². The minimum atomic E-state index is -1.16. The number of carboxylic acid groups (broad SMARTS) is 1. The second-order valence-corrected chi connectivity index (χ2v) is 6.37. The minimum Gasteiger partial charge on any atom is -0.530 e. The molecule has 8 heteroatoms. The van der Waals surface area contributed by atoms with Crippen LogP contribution >= 0.6 is 0 Å². The monoisotopic (exact) mass is 346 g/mol. The van der Waals surface area contributed by atoms with E-state index in [1.807, 2.05) is 6.07 Å². The number of hydrogen-bond acceptors (Lipinski definition) is 7. The molecule has 1 N–H and O–H groups in total. The summed E-state index contributed by atoms with van der Waals surface area (Å²) in [7, 11) is 0. The van der Waals surface area contributed by atoms with Crippen LogP contribution < -0.4 is 9.84 Å². The highest BCUT2D eigenvalue weighted by Gasteiger charge is 2.35. The molecule has 2 fully saturated rings. The van der Waals surface area contributed by atoms with Crippen LogP contribution in [0.5, 0.6) is 5.75 Å². The van der Waals surface area contributed by atoms with E-state index >= 15 is 0 Å². The van der Waals surface area contributed by atoms with E-state index < -0.39 is 12.2 Å². The quantitative estimate of drug-likeness (QED) is 0.730. The van der Waals surface area contributed by atoms with Gasteiger partial charge in [-0.25, -0.2) is 0 Å². The fraction of sp³-hybridized carbons (Fsp3) is 0.529. The van der Waals surface area contributed by atoms with Gasteiger partial charge in [0.15, 0.2) is 0 Å². The third-order valence-corrected chi connectivity index (χ3v) is 4.31. The van der Waals surface area contributed by atoms with Crippen molar-refractivity contribution in [1.29, 1.82) is 5.26 Å². The summed E-state index contributed by atoms with van der Waals surface area (Å²) in [6.07, 6.45) is -2.23. The Morgan fingerprint density at radius 2 is 1.96 bits per heavy atom. The Hall–Kier alpha value is -2.34. The number of aliphatic hydroxyl groups excluding tert-OH is 1. The first-order valence-corrected chi connectivity index (χ1v) is 8.18. The molecule has 8 nitrogen and oxygen atoms in total. The number of carbonyl (C=O) groups excluding carboxylic acids is 1. The second kappa shape index (κ2) is 7.70. The molecule has 3 rings (SSSR count). The van der Waals surface area contributed by atoms with E-state index in [-0.39, 0.29) is 18.8 Å². The highest BCUT2D eigenvalue weighted by atomic mass is 16.5. The van der Waals surface area contributed by atoms with Crippen LogP contribution in [0.1, 0.15) is 5.56 Å². The van der Waals surface area contributed by atoms with Gasteiger partial charge >= 0.3 is 0 Å². The number of β-amino-alcohol motifs (C(OH)–C–C–N with tert-alkyl or cyclic N) is 1. The molecule has 1 aromatic rings. The molecule has 0 saturated carbocycles. The van der Waals surface area contributed by atoms with E-state index in [1.165, 1.54) is 4.90 Å². The Morgan fingerprint density at radius 1 is 1.32 bits per heavy atom. The van der Waals surface area contributed by atoms with Crippen LogP contribution in [0.25, 0.3) is 0 Å². The van der Waals surface area contributed by atoms with E-state index in [9.17, 15) is 15.0 Å². The number of carbonyl (C=O) groups is 1. The molecule has 0 aliphatic carbocycles. The van der Waals surface area contributed by atoms with Gasteiger partial charge in [-0.15, -0.1) is 0 Å². The molecule has 2 bridgehead atoms. The third-order valence-electron chi connectivity index (χ3n) is 4.31. The van der Waals surface area contributed by atoms with Gasteiger partial charge in [0.05, 0.1) is 23.8 Å². The maximum absolute atomic E-state index is 11.0. The summed E-state index contributed by atoms with van der Waals surface area (Å²) in [6.45, 7) is 2.30. The fourth-order valence-corrected chi connectivity index (χ4v) is 3.24. The molecule has 1 amide bonds. The summed E-state index contributed by atoms with van der Waals surface area (Å²) in [4.78, 5) is 14.3. The zero-order chi connectivity index (χ0) is 17.8. The van der Waals surface area contributed by atoms with E-state index in [0.29, 0.717) is 44.0 Å². The van der Waals surface area contributed by atoms with Crippen molar-refractivity contribution in [1.82, 2.24) is 9.80 Å². The molecular formula is C17H20N3O5-. The standard InChI is InChI=1S/C17H21N3O5/c18-5-12-1-3-14(4-2-12)24-11-13(21)6-19-7-15-9-20(17(22)23)10-16(8-19)25-15/h1-4,13,15-16,21H,6-11H2,(H,22,23)/p-1. The lowest BCUT2D eigenvalue weighted by atomic mass is 10.1. The van der Waals surface area contributed by atoms with Crippen molar-refractivity contribution >= 4 is 6.09 Å². The molecule has 0 radical (unpaired) electrons. The van der Waals surface area contributed by atoms with Crippen molar-refractivity contribution in [3.05, 3.63) is 29.8 Å². The molecule has 2 heterocycles. The normalized spacial score (nSPS) is 24.4. The molecule has 25 heavy (non-hydrogen) atoms. The average molecular weight is 346 g/mol. The van der Waals surface area contributed by atoms with E-state index in [1.54, 1.807) is 24.3 Å². The number of hydrogen-bond donors (Lipinski definition) is 1. The summed E-state index contributed by atoms with van der Waals surface area (Å²) in [6, 6.07) is 8.74. The lowest BCUT2D eigenvalue weighted by Gasteiger charge is -2.46. The summed E-state index contributed by atoms with van der Waals surface area (Å²) in [5.74, 6) is 0.599. The molecule has 2 aliphatic rings. The Morgan fingerprint density at radius 3 is 2.52 bits per heavy atom. The molecule has 3 unspecified atom stereocenters. The first-order valence-electron chi connectivity index (χ1n) is 8.18. The zero-order valence-electron chi connectivity index (χ0n) is 13.7. The van der Waals surface area contributed by atoms with E-state index in [2.05, 4.69) is 4.90 Å². The largest absolute Gasteiger partial charge is 0.530 e. The Balaban J connectivity index is 1.45. The van der Waals surface area contributed by atoms with Gasteiger partial charge in [-0.3, -0.25) is 4.90 Å². The van der Waals surface area contributed by atoms with Crippen molar-refractivity contribution in [3.8, 4) is 11.8 Å². The average Bonchev–Trinajstić information content (AvgIpc) is 2.59. The lowest BCUT2D eigenvalue weighted by Crippen LogP contribution is -2.63. The summed E-state index contributed by atoms with van der Waals surface area (Å²) >= 11 is 0. The Labute approximate surface area is 145 Å². The highest BCUT2D eigenvalue weighted by Crippen LogP contribution is 2.19. The number of fused-ring (bicyclic) bond motifs is 2. The van der Waals surface area contributed by atoms with Crippen LogP contribution in [-0.2, 0) is 4.74 Å². The SMILES string of the molecule is N#Cc1ccc(OCC(O)CN2CC3CN(C(=O)[O-])CC(C2)O3)cc1. The van der Waals surface area contributed by atoms with E-state index in [0.717, 1.165) is 0 Å². The van der Waals surface area contributed by atoms with Gasteiger partial charge in [0.25, 0.3) is 0 Å². The highest BCUT2D eigenvalue weighted by molar-refractivity contribution is 5.62.